The van der Waals surface area contributed by atoms with Gasteiger partial charge in [0.1, 0.15) is 11.5 Å². The predicted molar refractivity (Wildman–Crippen MR) is 67.0 cm³/mol. The van der Waals surface area contributed by atoms with Crippen LogP contribution in [0.3, 0.4) is 0 Å². The highest BCUT2D eigenvalue weighted by Crippen LogP contribution is 2.35. The molecule has 2 rings (SSSR count). The van der Waals surface area contributed by atoms with Crippen molar-refractivity contribution < 1.29 is 4.92 Å². The van der Waals surface area contributed by atoms with Gasteiger partial charge in [-0.3, -0.25) is 14.8 Å². The summed E-state index contributed by atoms with van der Waals surface area (Å²) in [7, 11) is 1.76. The maximum atomic E-state index is 10.6. The molecule has 0 aliphatic rings. The zero-order chi connectivity index (χ0) is 12.6. The van der Waals surface area contributed by atoms with Crippen LogP contribution >= 0.6 is 11.3 Å². The zero-order valence-electron chi connectivity index (χ0n) is 9.51. The maximum absolute atomic E-state index is 10.6. The lowest BCUT2D eigenvalue weighted by molar-refractivity contribution is -0.380. The molecular weight excluding hydrogens is 240 g/mol. The van der Waals surface area contributed by atoms with E-state index in [4.69, 9.17) is 5.73 Å². The van der Waals surface area contributed by atoms with E-state index >= 15 is 0 Å². The van der Waals surface area contributed by atoms with E-state index in [0.717, 1.165) is 33.9 Å². The summed E-state index contributed by atoms with van der Waals surface area (Å²) < 4.78 is 1.60. The molecule has 0 saturated heterocycles. The van der Waals surface area contributed by atoms with Crippen LogP contribution in [0.2, 0.25) is 0 Å². The third kappa shape index (κ3) is 1.89. The Bertz CT molecular complexity index is 573. The van der Waals surface area contributed by atoms with Crippen molar-refractivity contribution >= 4 is 22.2 Å². The highest BCUT2D eigenvalue weighted by Gasteiger charge is 2.18. The second kappa shape index (κ2) is 4.17. The summed E-state index contributed by atoms with van der Waals surface area (Å²) in [5, 5.41) is 15.1. The Kier molecular flexibility index (Phi) is 2.84. The summed E-state index contributed by atoms with van der Waals surface area (Å²) in [5.41, 5.74) is 7.56. The Morgan fingerprint density at radius 1 is 1.59 bits per heavy atom. The molecule has 0 aliphatic carbocycles. The topological polar surface area (TPSA) is 87.0 Å². The summed E-state index contributed by atoms with van der Waals surface area (Å²) in [5.74, 6) is 0.610. The Balaban J connectivity index is 2.52. The molecule has 2 aromatic rings. The largest absolute Gasteiger partial charge is 0.384 e. The molecule has 2 N–H and O–H groups in total. The summed E-state index contributed by atoms with van der Waals surface area (Å²) in [4.78, 5) is 11.0. The number of anilines is 1. The first-order valence-electron chi connectivity index (χ1n) is 5.10. The van der Waals surface area contributed by atoms with E-state index < -0.39 is 4.92 Å². The van der Waals surface area contributed by atoms with Gasteiger partial charge in [0.25, 0.3) is 0 Å². The molecule has 90 valence electrons. The molecule has 17 heavy (non-hydrogen) atoms. The minimum atomic E-state index is -0.397. The number of aromatic nitrogens is 2. The number of nitro groups is 1. The second-order valence-corrected chi connectivity index (χ2v) is 4.65. The normalized spacial score (nSPS) is 10.7. The van der Waals surface area contributed by atoms with Gasteiger partial charge in [0.05, 0.1) is 9.80 Å². The fraction of sp³-hybridized carbons (Fsp3) is 0.300. The lowest BCUT2D eigenvalue weighted by Gasteiger charge is -1.96. The van der Waals surface area contributed by atoms with E-state index in [0.29, 0.717) is 5.82 Å². The van der Waals surface area contributed by atoms with Crippen molar-refractivity contribution in [3.05, 3.63) is 27.8 Å². The van der Waals surface area contributed by atoms with Gasteiger partial charge in [0, 0.05) is 18.7 Å². The van der Waals surface area contributed by atoms with E-state index in [-0.39, 0.29) is 5.00 Å². The number of hydrogen-bond acceptors (Lipinski definition) is 5. The Hall–Kier alpha value is -1.89. The molecule has 2 heterocycles. The van der Waals surface area contributed by atoms with Gasteiger partial charge in [-0.25, -0.2) is 0 Å². The maximum Gasteiger partial charge on any atom is 0.324 e. The van der Waals surface area contributed by atoms with Crippen LogP contribution < -0.4 is 5.73 Å². The average Bonchev–Trinajstić information content (AvgIpc) is 2.85. The molecule has 0 saturated carbocycles. The molecule has 0 aromatic carbocycles. The number of nitrogens with two attached hydrogens (primary N) is 1. The molecule has 0 aliphatic heterocycles. The summed E-state index contributed by atoms with van der Waals surface area (Å²) in [6, 6.07) is 3.20. The molecule has 2 aromatic heterocycles. The van der Waals surface area contributed by atoms with Crippen LogP contribution in [0, 0.1) is 10.1 Å². The second-order valence-electron chi connectivity index (χ2n) is 3.58. The summed E-state index contributed by atoms with van der Waals surface area (Å²) in [6.07, 6.45) is 0.751. The van der Waals surface area contributed by atoms with Crippen LogP contribution in [-0.2, 0) is 13.5 Å². The zero-order valence-corrected chi connectivity index (χ0v) is 10.3. The molecule has 7 heteroatoms. The average molecular weight is 252 g/mol. The number of hydrogen-bond donors (Lipinski definition) is 1. The van der Waals surface area contributed by atoms with Crippen molar-refractivity contribution in [2.24, 2.45) is 7.05 Å². The third-order valence-corrected chi connectivity index (χ3v) is 3.60. The van der Waals surface area contributed by atoms with E-state index in [2.05, 4.69) is 5.10 Å². The molecule has 0 radical (unpaired) electrons. The number of aryl methyl sites for hydroxylation is 1. The van der Waals surface area contributed by atoms with Gasteiger partial charge in [-0.2, -0.15) is 5.10 Å². The van der Waals surface area contributed by atoms with Crippen molar-refractivity contribution in [3.8, 4) is 10.6 Å². The number of nitrogens with zero attached hydrogens (tertiary/aromatic N) is 3. The molecule has 0 bridgehead atoms. The number of rotatable bonds is 3. The Morgan fingerprint density at radius 2 is 2.29 bits per heavy atom. The lowest BCUT2D eigenvalue weighted by atomic mass is 10.1. The minimum Gasteiger partial charge on any atom is -0.384 e. The number of thiophene rings is 1. The summed E-state index contributed by atoms with van der Waals surface area (Å²) >= 11 is 1.12. The van der Waals surface area contributed by atoms with E-state index in [1.165, 1.54) is 6.07 Å². The smallest absolute Gasteiger partial charge is 0.324 e. The van der Waals surface area contributed by atoms with Gasteiger partial charge >= 0.3 is 5.00 Å². The lowest BCUT2D eigenvalue weighted by Crippen LogP contribution is -1.98. The minimum absolute atomic E-state index is 0.117. The number of nitrogen functional groups attached to an aromatic ring is 1. The SMILES string of the molecule is CCc1c(-c2ccc([N+](=O)[O-])s2)nn(C)c1N. The highest BCUT2D eigenvalue weighted by atomic mass is 32.1. The van der Waals surface area contributed by atoms with E-state index in [1.807, 2.05) is 6.92 Å². The highest BCUT2D eigenvalue weighted by molar-refractivity contribution is 7.18. The fourth-order valence-corrected chi connectivity index (χ4v) is 2.51. The predicted octanol–water partition coefficient (Wildman–Crippen LogP) is 2.20. The van der Waals surface area contributed by atoms with Crippen LogP contribution in [0.1, 0.15) is 12.5 Å². The standard InChI is InChI=1S/C10H12N4O2S/c1-3-6-9(12-13(2)10(6)11)7-4-5-8(17-7)14(15)16/h4-5H,3,11H2,1-2H3. The third-order valence-electron chi connectivity index (χ3n) is 2.55. The van der Waals surface area contributed by atoms with Crippen LogP contribution in [0.25, 0.3) is 10.6 Å². The molecule has 0 amide bonds. The van der Waals surface area contributed by atoms with Crippen molar-refractivity contribution in [2.75, 3.05) is 5.73 Å². The van der Waals surface area contributed by atoms with Crippen LogP contribution in [0.4, 0.5) is 10.8 Å². The van der Waals surface area contributed by atoms with Gasteiger partial charge in [-0.15, -0.1) is 0 Å². The van der Waals surface area contributed by atoms with Gasteiger partial charge in [-0.1, -0.05) is 18.3 Å². The van der Waals surface area contributed by atoms with Gasteiger partial charge in [-0.05, 0) is 12.5 Å². The van der Waals surface area contributed by atoms with Gasteiger partial charge in [0.15, 0.2) is 0 Å². The van der Waals surface area contributed by atoms with Crippen LogP contribution in [0.15, 0.2) is 12.1 Å². The van der Waals surface area contributed by atoms with Gasteiger partial charge < -0.3 is 5.73 Å². The van der Waals surface area contributed by atoms with Crippen molar-refractivity contribution in [1.82, 2.24) is 9.78 Å². The molecule has 0 fully saturated rings. The van der Waals surface area contributed by atoms with Crippen LogP contribution in [0.5, 0.6) is 0 Å². The first kappa shape index (κ1) is 11.6. The van der Waals surface area contributed by atoms with Crippen molar-refractivity contribution in [2.45, 2.75) is 13.3 Å². The van der Waals surface area contributed by atoms with E-state index in [1.54, 1.807) is 17.8 Å². The Morgan fingerprint density at radius 3 is 2.82 bits per heavy atom. The Labute approximate surface area is 102 Å². The summed E-state index contributed by atoms with van der Waals surface area (Å²) in [6.45, 7) is 1.99. The van der Waals surface area contributed by atoms with E-state index in [9.17, 15) is 10.1 Å². The molecule has 6 nitrogen and oxygen atoms in total. The first-order chi connectivity index (χ1) is 8.04. The quantitative estimate of drug-likeness (QED) is 0.670. The van der Waals surface area contributed by atoms with Crippen molar-refractivity contribution in [3.63, 3.8) is 0 Å². The monoisotopic (exact) mass is 252 g/mol. The van der Waals surface area contributed by atoms with Gasteiger partial charge in [0.2, 0.25) is 0 Å². The first-order valence-corrected chi connectivity index (χ1v) is 5.92. The molecular formula is C10H12N4O2S. The van der Waals surface area contributed by atoms with Crippen LogP contribution in [-0.4, -0.2) is 14.7 Å². The molecule has 0 unspecified atom stereocenters. The molecule has 0 spiro atoms. The van der Waals surface area contributed by atoms with Crippen molar-refractivity contribution in [1.29, 1.82) is 0 Å². The molecule has 0 atom stereocenters. The fourth-order valence-electron chi connectivity index (χ4n) is 1.68.